The highest BCUT2D eigenvalue weighted by molar-refractivity contribution is 9.10. The number of hydrogen-bond donors (Lipinski definition) is 1. The van der Waals surface area contributed by atoms with Gasteiger partial charge in [-0.05, 0) is 36.4 Å². The largest absolute Gasteiger partial charge is 0.325 e. The Kier molecular flexibility index (Phi) is 7.25. The number of carbonyl (C=O) groups is 1. The Morgan fingerprint density at radius 1 is 1.00 bits per heavy atom. The van der Waals surface area contributed by atoms with E-state index in [0.717, 1.165) is 37.9 Å². The van der Waals surface area contributed by atoms with Gasteiger partial charge in [0.25, 0.3) is 0 Å². The van der Waals surface area contributed by atoms with Gasteiger partial charge in [-0.2, -0.15) is 0 Å². The number of hydrogen-bond acceptors (Lipinski definition) is 5. The summed E-state index contributed by atoms with van der Waals surface area (Å²) in [5, 5.41) is 13.5. The number of allylic oxidation sites excluding steroid dienone is 1. The molecule has 5 rings (SSSR count). The van der Waals surface area contributed by atoms with E-state index in [1.54, 1.807) is 6.08 Å². The molecular weight excluding hydrogens is 534 g/mol. The summed E-state index contributed by atoms with van der Waals surface area (Å²) in [6.07, 6.45) is 1.81. The second kappa shape index (κ2) is 10.9. The molecule has 0 fully saturated rings. The molecular formula is C28H22BrN5OS. The van der Waals surface area contributed by atoms with Crippen molar-refractivity contribution in [2.45, 2.75) is 11.7 Å². The number of nitrogens with one attached hydrogen (secondary N) is 1. The van der Waals surface area contributed by atoms with Crippen LogP contribution in [-0.4, -0.2) is 31.4 Å². The van der Waals surface area contributed by atoms with Crippen molar-refractivity contribution < 1.29 is 4.79 Å². The Bertz CT molecular complexity index is 1530. The maximum Gasteiger partial charge on any atom is 0.234 e. The maximum atomic E-state index is 12.6. The summed E-state index contributed by atoms with van der Waals surface area (Å²) < 4.78 is 2.94. The summed E-state index contributed by atoms with van der Waals surface area (Å²) in [5.74, 6) is 0.803. The first-order chi connectivity index (χ1) is 17.6. The van der Waals surface area contributed by atoms with Crippen molar-refractivity contribution in [3.8, 4) is 22.6 Å². The molecule has 0 saturated carbocycles. The number of fused-ring (bicyclic) bond motifs is 1. The van der Waals surface area contributed by atoms with Crippen LogP contribution in [0.2, 0.25) is 0 Å². The first-order valence-corrected chi connectivity index (χ1v) is 13.1. The van der Waals surface area contributed by atoms with E-state index in [1.165, 1.54) is 11.8 Å². The van der Waals surface area contributed by atoms with Crippen LogP contribution in [-0.2, 0) is 11.3 Å². The monoisotopic (exact) mass is 555 g/mol. The van der Waals surface area contributed by atoms with Crippen LogP contribution in [0.15, 0.2) is 107 Å². The highest BCUT2D eigenvalue weighted by atomic mass is 79.9. The lowest BCUT2D eigenvalue weighted by atomic mass is 10.0. The number of nitrogens with zero attached hydrogens (tertiary/aromatic N) is 4. The lowest BCUT2D eigenvalue weighted by Crippen LogP contribution is -2.14. The fraction of sp³-hybridized carbons (Fsp3) is 0.0714. The molecule has 0 unspecified atom stereocenters. The first kappa shape index (κ1) is 24.0. The third-order valence-corrected chi connectivity index (χ3v) is 7.01. The number of rotatable bonds is 8. The number of thioether (sulfide) groups is 1. The van der Waals surface area contributed by atoms with Crippen molar-refractivity contribution in [2.75, 3.05) is 11.1 Å². The molecule has 0 saturated heterocycles. The van der Waals surface area contributed by atoms with Gasteiger partial charge in [-0.25, -0.2) is 4.98 Å². The molecule has 3 aromatic carbocycles. The molecule has 0 aliphatic heterocycles. The van der Waals surface area contributed by atoms with Crippen molar-refractivity contribution in [1.29, 1.82) is 0 Å². The number of amides is 1. The summed E-state index contributed by atoms with van der Waals surface area (Å²) in [6, 6.07) is 27.6. The van der Waals surface area contributed by atoms with Crippen molar-refractivity contribution >= 4 is 50.2 Å². The smallest absolute Gasteiger partial charge is 0.234 e. The molecule has 1 N–H and O–H groups in total. The fourth-order valence-electron chi connectivity index (χ4n) is 3.87. The zero-order valence-corrected chi connectivity index (χ0v) is 21.7. The van der Waals surface area contributed by atoms with Crippen molar-refractivity contribution in [3.63, 3.8) is 0 Å². The van der Waals surface area contributed by atoms with Gasteiger partial charge in [-0.15, -0.1) is 16.8 Å². The van der Waals surface area contributed by atoms with E-state index in [-0.39, 0.29) is 11.7 Å². The van der Waals surface area contributed by atoms with Gasteiger partial charge in [-0.1, -0.05) is 82.3 Å². The molecule has 2 heterocycles. The highest BCUT2D eigenvalue weighted by Crippen LogP contribution is 2.33. The van der Waals surface area contributed by atoms with Crippen molar-refractivity contribution in [3.05, 3.63) is 102 Å². The number of carbonyl (C=O) groups excluding carboxylic acids is 1. The summed E-state index contributed by atoms with van der Waals surface area (Å²) in [4.78, 5) is 17.4. The molecule has 0 spiro atoms. The Hall–Kier alpha value is -3.75. The Labute approximate surface area is 221 Å². The van der Waals surface area contributed by atoms with Gasteiger partial charge in [0.15, 0.2) is 11.0 Å². The number of pyridine rings is 1. The average molecular weight is 556 g/mol. The van der Waals surface area contributed by atoms with Crippen molar-refractivity contribution in [2.24, 2.45) is 0 Å². The highest BCUT2D eigenvalue weighted by Gasteiger charge is 2.18. The Morgan fingerprint density at radius 3 is 2.53 bits per heavy atom. The van der Waals surface area contributed by atoms with Gasteiger partial charge < -0.3 is 5.32 Å². The summed E-state index contributed by atoms with van der Waals surface area (Å²) in [6.45, 7) is 4.43. The number of benzene rings is 3. The molecule has 36 heavy (non-hydrogen) atoms. The lowest BCUT2D eigenvalue weighted by Gasteiger charge is -2.12. The topological polar surface area (TPSA) is 72.7 Å². The van der Waals surface area contributed by atoms with Crippen LogP contribution in [0.5, 0.6) is 0 Å². The molecule has 0 atom stereocenters. The quantitative estimate of drug-likeness (QED) is 0.167. The van der Waals surface area contributed by atoms with E-state index < -0.39 is 0 Å². The van der Waals surface area contributed by atoms with E-state index in [0.29, 0.717) is 17.5 Å². The second-order valence-corrected chi connectivity index (χ2v) is 9.85. The molecule has 2 aromatic heterocycles. The van der Waals surface area contributed by atoms with Gasteiger partial charge in [0.1, 0.15) is 0 Å². The van der Waals surface area contributed by atoms with Gasteiger partial charge in [0.05, 0.1) is 17.0 Å². The number of aromatic nitrogens is 4. The van der Waals surface area contributed by atoms with E-state index in [1.807, 2.05) is 83.4 Å². The van der Waals surface area contributed by atoms with Crippen molar-refractivity contribution in [1.82, 2.24) is 19.7 Å². The van der Waals surface area contributed by atoms with E-state index in [9.17, 15) is 4.79 Å². The second-order valence-electron chi connectivity index (χ2n) is 7.99. The molecule has 1 amide bonds. The van der Waals surface area contributed by atoms with Crippen LogP contribution >= 0.6 is 27.7 Å². The van der Waals surface area contributed by atoms with Crippen LogP contribution in [0.1, 0.15) is 0 Å². The van der Waals surface area contributed by atoms with E-state index in [4.69, 9.17) is 4.98 Å². The maximum absolute atomic E-state index is 12.6. The van der Waals surface area contributed by atoms with Crippen LogP contribution in [0, 0.1) is 0 Å². The van der Waals surface area contributed by atoms with Crippen LogP contribution in [0.4, 0.5) is 5.69 Å². The molecule has 5 aromatic rings. The normalized spacial score (nSPS) is 10.9. The van der Waals surface area contributed by atoms with E-state index in [2.05, 4.69) is 44.1 Å². The Morgan fingerprint density at radius 2 is 1.75 bits per heavy atom. The molecule has 8 heteroatoms. The van der Waals surface area contributed by atoms with Crippen LogP contribution < -0.4 is 5.32 Å². The molecule has 0 aliphatic rings. The zero-order valence-electron chi connectivity index (χ0n) is 19.3. The summed E-state index contributed by atoms with van der Waals surface area (Å²) in [5.41, 5.74) is 4.44. The molecule has 0 radical (unpaired) electrons. The average Bonchev–Trinajstić information content (AvgIpc) is 3.31. The molecule has 178 valence electrons. The van der Waals surface area contributed by atoms with Crippen LogP contribution in [0.25, 0.3) is 33.5 Å². The lowest BCUT2D eigenvalue weighted by molar-refractivity contribution is -0.113. The minimum Gasteiger partial charge on any atom is -0.325 e. The zero-order chi connectivity index (χ0) is 24.9. The predicted molar refractivity (Wildman–Crippen MR) is 150 cm³/mol. The van der Waals surface area contributed by atoms with Gasteiger partial charge in [0.2, 0.25) is 5.91 Å². The number of halogens is 1. The fourth-order valence-corrected chi connectivity index (χ4v) is 4.88. The summed E-state index contributed by atoms with van der Waals surface area (Å²) >= 11 is 4.75. The first-order valence-electron chi connectivity index (χ1n) is 11.3. The minimum absolute atomic E-state index is 0.113. The van der Waals surface area contributed by atoms with Gasteiger partial charge >= 0.3 is 0 Å². The SMILES string of the molecule is C=CCn1c(SCC(=O)Nc2ccc(Br)cc2)nnc1-c1cc(-c2ccccc2)nc2ccccc12. The molecule has 0 aliphatic carbocycles. The van der Waals surface area contributed by atoms with E-state index >= 15 is 0 Å². The predicted octanol–water partition coefficient (Wildman–Crippen LogP) is 6.84. The van der Waals surface area contributed by atoms with Gasteiger partial charge in [-0.3, -0.25) is 9.36 Å². The number of anilines is 1. The van der Waals surface area contributed by atoms with Crippen LogP contribution in [0.3, 0.4) is 0 Å². The van der Waals surface area contributed by atoms with Gasteiger partial charge in [0, 0.05) is 33.2 Å². The minimum atomic E-state index is -0.113. The summed E-state index contributed by atoms with van der Waals surface area (Å²) in [7, 11) is 0. The Balaban J connectivity index is 1.47. The molecule has 0 bridgehead atoms. The number of para-hydroxylation sites is 1. The molecule has 6 nitrogen and oxygen atoms in total. The standard InChI is InChI=1S/C28H22BrN5OS/c1-2-16-34-27(32-33-28(34)36-18-26(35)30-21-14-12-20(29)13-15-21)23-17-25(19-8-4-3-5-9-19)31-24-11-7-6-10-22(23)24/h2-15,17H,1,16,18H2,(H,30,35). The third-order valence-electron chi connectivity index (χ3n) is 5.52. The third kappa shape index (κ3) is 5.24.